The summed E-state index contributed by atoms with van der Waals surface area (Å²) in [7, 11) is 0. The highest BCUT2D eigenvalue weighted by atomic mass is 16.2. The Bertz CT molecular complexity index is 843. The second kappa shape index (κ2) is 12.3. The number of para-hydroxylation sites is 1. The molecule has 0 aliphatic heterocycles. The largest absolute Gasteiger partial charge is 0.343 e. The van der Waals surface area contributed by atoms with E-state index in [1.54, 1.807) is 0 Å². The summed E-state index contributed by atoms with van der Waals surface area (Å²) in [6.45, 7) is 3.71. The zero-order chi connectivity index (χ0) is 22.6. The summed E-state index contributed by atoms with van der Waals surface area (Å²) in [6.07, 6.45) is 0.730. The maximum absolute atomic E-state index is 13.0. The third kappa shape index (κ3) is 8.47. The lowest BCUT2D eigenvalue weighted by molar-refractivity contribution is -0.132. The molecule has 2 aromatic carbocycles. The van der Waals surface area contributed by atoms with E-state index in [4.69, 9.17) is 5.73 Å². The number of benzene rings is 2. The van der Waals surface area contributed by atoms with Gasteiger partial charge in [0.2, 0.25) is 11.8 Å². The van der Waals surface area contributed by atoms with Crippen LogP contribution in [-0.2, 0) is 20.8 Å². The Balaban J connectivity index is 2.08. The van der Waals surface area contributed by atoms with E-state index in [0.717, 1.165) is 11.3 Å². The van der Waals surface area contributed by atoms with Crippen molar-refractivity contribution in [3.05, 3.63) is 66.2 Å². The van der Waals surface area contributed by atoms with Gasteiger partial charge < -0.3 is 16.4 Å². The van der Waals surface area contributed by atoms with Gasteiger partial charge in [0.15, 0.2) is 0 Å². The highest BCUT2D eigenvalue weighted by molar-refractivity contribution is 5.92. The van der Waals surface area contributed by atoms with Crippen LogP contribution in [0.3, 0.4) is 0 Å². The second-order valence-corrected chi connectivity index (χ2v) is 7.68. The van der Waals surface area contributed by atoms with Crippen LogP contribution in [-0.4, -0.2) is 36.3 Å². The molecule has 8 nitrogen and oxygen atoms in total. The van der Waals surface area contributed by atoms with Crippen LogP contribution in [0.1, 0.15) is 25.8 Å². The lowest BCUT2D eigenvalue weighted by Crippen LogP contribution is -2.55. The molecular formula is C23H31N5O3. The fourth-order valence-electron chi connectivity index (χ4n) is 3.03. The lowest BCUT2D eigenvalue weighted by atomic mass is 10.0. The Hall–Kier alpha value is -3.39. The number of hydrogen-bond donors (Lipinski definition) is 5. The topological polar surface area (TPSA) is 125 Å². The molecule has 0 aliphatic carbocycles. The fraction of sp³-hybridized carbons (Fsp3) is 0.348. The molecular weight excluding hydrogens is 394 g/mol. The van der Waals surface area contributed by atoms with E-state index in [2.05, 4.69) is 21.5 Å². The van der Waals surface area contributed by atoms with E-state index < -0.39 is 23.9 Å². The first-order valence-corrected chi connectivity index (χ1v) is 10.3. The zero-order valence-corrected chi connectivity index (χ0v) is 17.9. The van der Waals surface area contributed by atoms with Crippen molar-refractivity contribution in [1.82, 2.24) is 16.1 Å². The second-order valence-electron chi connectivity index (χ2n) is 7.68. The molecule has 0 bridgehead atoms. The summed E-state index contributed by atoms with van der Waals surface area (Å²) in [6, 6.07) is 16.9. The van der Waals surface area contributed by atoms with Gasteiger partial charge in [0.1, 0.15) is 12.1 Å². The minimum Gasteiger partial charge on any atom is -0.343 e. The molecule has 0 radical (unpaired) electrons. The Kier molecular flexibility index (Phi) is 9.51. The average Bonchev–Trinajstić information content (AvgIpc) is 2.77. The van der Waals surface area contributed by atoms with E-state index in [1.807, 2.05) is 74.5 Å². The average molecular weight is 426 g/mol. The van der Waals surface area contributed by atoms with Crippen LogP contribution in [0.15, 0.2) is 60.7 Å². The summed E-state index contributed by atoms with van der Waals surface area (Å²) < 4.78 is 0. The quantitative estimate of drug-likeness (QED) is 0.348. The van der Waals surface area contributed by atoms with E-state index >= 15 is 0 Å². The lowest BCUT2D eigenvalue weighted by Gasteiger charge is -2.24. The Labute approximate surface area is 182 Å². The fourth-order valence-corrected chi connectivity index (χ4v) is 3.03. The third-order valence-corrected chi connectivity index (χ3v) is 4.56. The molecule has 8 heteroatoms. The molecule has 166 valence electrons. The van der Waals surface area contributed by atoms with Crippen molar-refractivity contribution in [3.63, 3.8) is 0 Å². The monoisotopic (exact) mass is 425 g/mol. The van der Waals surface area contributed by atoms with Gasteiger partial charge in [-0.05, 0) is 30.0 Å². The van der Waals surface area contributed by atoms with E-state index in [0.29, 0.717) is 6.42 Å². The van der Waals surface area contributed by atoms with Crippen molar-refractivity contribution in [2.24, 2.45) is 11.7 Å². The van der Waals surface area contributed by atoms with Gasteiger partial charge >= 0.3 is 0 Å². The molecule has 0 aromatic heterocycles. The van der Waals surface area contributed by atoms with E-state index in [-0.39, 0.29) is 24.8 Å². The van der Waals surface area contributed by atoms with Crippen molar-refractivity contribution in [1.29, 1.82) is 0 Å². The number of amides is 3. The highest BCUT2D eigenvalue weighted by Crippen LogP contribution is 2.09. The minimum absolute atomic E-state index is 0.166. The smallest absolute Gasteiger partial charge is 0.260 e. The van der Waals surface area contributed by atoms with Gasteiger partial charge in [-0.15, -0.1) is 0 Å². The van der Waals surface area contributed by atoms with Crippen molar-refractivity contribution in [2.75, 3.05) is 12.0 Å². The summed E-state index contributed by atoms with van der Waals surface area (Å²) in [5, 5.41) is 5.43. The standard InChI is InChI=1S/C23H31N5O3/c1-16(2)13-19(23(31)28-27-18-11-7-4-8-12-18)26-22(30)20(25-21(29)15-24)14-17-9-5-3-6-10-17/h3-12,16,19-20,27H,13-15,24H2,1-2H3,(H,25,29)(H,26,30)(H,28,31)/t19-,20-/m0/s1. The molecule has 0 saturated heterocycles. The minimum atomic E-state index is -0.844. The van der Waals surface area contributed by atoms with Gasteiger partial charge in [-0.25, -0.2) is 0 Å². The van der Waals surface area contributed by atoms with Gasteiger partial charge in [-0.1, -0.05) is 62.4 Å². The predicted octanol–water partition coefficient (Wildman–Crippen LogP) is 1.35. The maximum Gasteiger partial charge on any atom is 0.260 e. The molecule has 0 aliphatic rings. The molecule has 0 spiro atoms. The molecule has 31 heavy (non-hydrogen) atoms. The highest BCUT2D eigenvalue weighted by Gasteiger charge is 2.27. The number of hydrogen-bond acceptors (Lipinski definition) is 5. The van der Waals surface area contributed by atoms with Gasteiger partial charge in [0.25, 0.3) is 5.91 Å². The van der Waals surface area contributed by atoms with Gasteiger partial charge in [-0.3, -0.25) is 25.2 Å². The predicted molar refractivity (Wildman–Crippen MR) is 121 cm³/mol. The van der Waals surface area contributed by atoms with Gasteiger partial charge in [0.05, 0.1) is 12.2 Å². The van der Waals surface area contributed by atoms with Crippen LogP contribution >= 0.6 is 0 Å². The molecule has 2 rings (SSSR count). The third-order valence-electron chi connectivity index (χ3n) is 4.56. The molecule has 2 atom stereocenters. The van der Waals surface area contributed by atoms with Crippen LogP contribution in [0.2, 0.25) is 0 Å². The molecule has 0 fully saturated rings. The Morgan fingerprint density at radius 1 is 0.839 bits per heavy atom. The van der Waals surface area contributed by atoms with Crippen LogP contribution in [0, 0.1) is 5.92 Å². The zero-order valence-electron chi connectivity index (χ0n) is 17.9. The number of carbonyl (C=O) groups is 3. The number of anilines is 1. The number of nitrogens with two attached hydrogens (primary N) is 1. The number of hydrazine groups is 1. The van der Waals surface area contributed by atoms with Crippen LogP contribution in [0.25, 0.3) is 0 Å². The number of rotatable bonds is 11. The van der Waals surface area contributed by atoms with Crippen molar-refractivity contribution < 1.29 is 14.4 Å². The van der Waals surface area contributed by atoms with Gasteiger partial charge in [0, 0.05) is 6.42 Å². The van der Waals surface area contributed by atoms with Crippen LogP contribution in [0.5, 0.6) is 0 Å². The Morgan fingerprint density at radius 2 is 1.45 bits per heavy atom. The SMILES string of the molecule is CC(C)C[C@H](NC(=O)[C@H](Cc1ccccc1)NC(=O)CN)C(=O)NNc1ccccc1. The van der Waals surface area contributed by atoms with Crippen molar-refractivity contribution >= 4 is 23.4 Å². The van der Waals surface area contributed by atoms with E-state index in [9.17, 15) is 14.4 Å². The summed E-state index contributed by atoms with van der Waals surface area (Å²) in [5.74, 6) is -1.08. The van der Waals surface area contributed by atoms with E-state index in [1.165, 1.54) is 0 Å². The molecule has 3 amide bonds. The molecule has 0 unspecified atom stereocenters. The van der Waals surface area contributed by atoms with Crippen molar-refractivity contribution in [2.45, 2.75) is 38.8 Å². The molecule has 6 N–H and O–H groups in total. The summed E-state index contributed by atoms with van der Waals surface area (Å²) >= 11 is 0. The van der Waals surface area contributed by atoms with Crippen LogP contribution in [0.4, 0.5) is 5.69 Å². The summed E-state index contributed by atoms with van der Waals surface area (Å²) in [5.41, 5.74) is 12.5. The first-order valence-electron chi connectivity index (χ1n) is 10.3. The molecule has 0 heterocycles. The first-order chi connectivity index (χ1) is 14.9. The summed E-state index contributed by atoms with van der Waals surface area (Å²) in [4.78, 5) is 37.6. The number of carbonyl (C=O) groups excluding carboxylic acids is 3. The normalized spacial score (nSPS) is 12.5. The van der Waals surface area contributed by atoms with Crippen molar-refractivity contribution in [3.8, 4) is 0 Å². The maximum atomic E-state index is 13.0. The number of nitrogens with one attached hydrogen (secondary N) is 4. The van der Waals surface area contributed by atoms with Gasteiger partial charge in [-0.2, -0.15) is 0 Å². The van der Waals surface area contributed by atoms with Crippen LogP contribution < -0.4 is 27.2 Å². The first kappa shape index (κ1) is 23.9. The molecule has 2 aromatic rings. The molecule has 0 saturated carbocycles. The Morgan fingerprint density at radius 3 is 2.03 bits per heavy atom.